The van der Waals surface area contributed by atoms with Gasteiger partial charge in [0.2, 0.25) is 0 Å². The standard InChI is InChI=1S/C63H100O6/c1-4-7-10-13-15-17-19-21-23-25-27-28-29-30-31-32-33-34-36-37-39-41-43-45-47-50-53-56-62(65)68-59-60(58-67-61(64)55-52-49-12-9-6-3)69-63(66)57-54-51-48-46-44-42-40-38-35-26-24-22-20-18-16-14-11-8-5-2/h7-8,10-11,15-18,21-24,27-28,30-31,33-35,38,42,44,60H,4-6,9,12-14,19-20,25-26,29,32,36-37,39-41,43,45-59H2,1-3H3/b10-7-,11-8-,17-15-,18-16-,23-21-,24-22-,28-27-,31-30-,34-33-,38-35-,44-42-. The Morgan fingerprint density at radius 2 is 0.565 bits per heavy atom. The third-order valence-corrected chi connectivity index (χ3v) is 11.2. The van der Waals surface area contributed by atoms with E-state index in [1.807, 2.05) is 0 Å². The molecule has 0 aliphatic heterocycles. The lowest BCUT2D eigenvalue weighted by Crippen LogP contribution is -2.30. The molecule has 0 saturated heterocycles. The van der Waals surface area contributed by atoms with Crippen LogP contribution in [0.3, 0.4) is 0 Å². The summed E-state index contributed by atoms with van der Waals surface area (Å²) in [6, 6.07) is 0. The zero-order chi connectivity index (χ0) is 50.0. The second kappa shape index (κ2) is 56.1. The molecule has 0 aromatic carbocycles. The first-order valence-corrected chi connectivity index (χ1v) is 27.7. The van der Waals surface area contributed by atoms with E-state index >= 15 is 0 Å². The fourth-order valence-electron chi connectivity index (χ4n) is 7.06. The molecular formula is C63H100O6. The highest BCUT2D eigenvalue weighted by Gasteiger charge is 2.19. The van der Waals surface area contributed by atoms with Crippen molar-refractivity contribution < 1.29 is 28.6 Å². The third-order valence-electron chi connectivity index (χ3n) is 11.2. The number of esters is 3. The molecule has 1 unspecified atom stereocenters. The van der Waals surface area contributed by atoms with E-state index in [1.54, 1.807) is 0 Å². The maximum absolute atomic E-state index is 12.8. The van der Waals surface area contributed by atoms with E-state index < -0.39 is 6.10 Å². The first-order chi connectivity index (χ1) is 34.0. The van der Waals surface area contributed by atoms with Crippen molar-refractivity contribution in [2.75, 3.05) is 13.2 Å². The van der Waals surface area contributed by atoms with Crippen LogP contribution in [-0.2, 0) is 28.6 Å². The van der Waals surface area contributed by atoms with Gasteiger partial charge in [-0.15, -0.1) is 0 Å². The molecule has 0 aromatic heterocycles. The van der Waals surface area contributed by atoms with Gasteiger partial charge in [0.25, 0.3) is 0 Å². The predicted molar refractivity (Wildman–Crippen MR) is 297 cm³/mol. The van der Waals surface area contributed by atoms with E-state index in [1.165, 1.54) is 32.1 Å². The minimum Gasteiger partial charge on any atom is -0.462 e. The van der Waals surface area contributed by atoms with Crippen LogP contribution in [0, 0.1) is 0 Å². The highest BCUT2D eigenvalue weighted by molar-refractivity contribution is 5.71. The van der Waals surface area contributed by atoms with Crippen molar-refractivity contribution in [1.29, 1.82) is 0 Å². The normalized spacial score (nSPS) is 13.1. The first-order valence-electron chi connectivity index (χ1n) is 27.7. The minimum atomic E-state index is -0.800. The second-order valence-corrected chi connectivity index (χ2v) is 17.7. The number of rotatable bonds is 48. The Labute approximate surface area is 424 Å². The number of ether oxygens (including phenoxy) is 3. The van der Waals surface area contributed by atoms with Crippen LogP contribution in [0.15, 0.2) is 134 Å². The molecule has 0 radical (unpaired) electrons. The molecule has 0 amide bonds. The Morgan fingerprint density at radius 3 is 0.899 bits per heavy atom. The van der Waals surface area contributed by atoms with Crippen LogP contribution >= 0.6 is 0 Å². The van der Waals surface area contributed by atoms with Crippen molar-refractivity contribution in [2.24, 2.45) is 0 Å². The summed E-state index contributed by atoms with van der Waals surface area (Å²) >= 11 is 0. The molecule has 69 heavy (non-hydrogen) atoms. The summed E-state index contributed by atoms with van der Waals surface area (Å²) in [4.78, 5) is 37.8. The van der Waals surface area contributed by atoms with Gasteiger partial charge in [0.05, 0.1) is 0 Å². The summed E-state index contributed by atoms with van der Waals surface area (Å²) in [5, 5.41) is 0. The van der Waals surface area contributed by atoms with E-state index in [2.05, 4.69) is 154 Å². The second-order valence-electron chi connectivity index (χ2n) is 17.7. The molecule has 6 nitrogen and oxygen atoms in total. The molecule has 0 N–H and O–H groups in total. The van der Waals surface area contributed by atoms with E-state index in [0.29, 0.717) is 12.8 Å². The van der Waals surface area contributed by atoms with Crippen LogP contribution in [0.5, 0.6) is 0 Å². The molecule has 0 spiro atoms. The molecule has 388 valence electrons. The summed E-state index contributed by atoms with van der Waals surface area (Å²) < 4.78 is 16.7. The van der Waals surface area contributed by atoms with Gasteiger partial charge < -0.3 is 14.2 Å². The minimum absolute atomic E-state index is 0.0989. The molecule has 0 bridgehead atoms. The molecule has 0 aliphatic carbocycles. The summed E-state index contributed by atoms with van der Waals surface area (Å²) in [5.41, 5.74) is 0. The third kappa shape index (κ3) is 54.4. The average Bonchev–Trinajstić information content (AvgIpc) is 3.35. The summed E-state index contributed by atoms with van der Waals surface area (Å²) in [7, 11) is 0. The van der Waals surface area contributed by atoms with Crippen molar-refractivity contribution in [2.45, 2.75) is 232 Å². The van der Waals surface area contributed by atoms with Crippen LogP contribution in [0.2, 0.25) is 0 Å². The maximum Gasteiger partial charge on any atom is 0.306 e. The molecule has 1 atom stereocenters. The SMILES string of the molecule is CC/C=C\C/C=C\C/C=C\C/C=C\C/C=C\C/C=C\CCCCCCCCCCC(=O)OCC(COC(=O)CCCCCCC)OC(=O)CCCCC/C=C\C/C=C\C/C=C\C/C=C\C/C=C\CC. The van der Waals surface area contributed by atoms with Gasteiger partial charge in [0, 0.05) is 19.3 Å². The van der Waals surface area contributed by atoms with Gasteiger partial charge in [-0.25, -0.2) is 0 Å². The molecule has 0 saturated carbocycles. The van der Waals surface area contributed by atoms with Crippen LogP contribution in [-0.4, -0.2) is 37.2 Å². The lowest BCUT2D eigenvalue weighted by molar-refractivity contribution is -0.167. The monoisotopic (exact) mass is 953 g/mol. The Kier molecular flexibility index (Phi) is 52.5. The van der Waals surface area contributed by atoms with Crippen molar-refractivity contribution in [3.63, 3.8) is 0 Å². The van der Waals surface area contributed by atoms with Crippen LogP contribution in [0.1, 0.15) is 226 Å². The van der Waals surface area contributed by atoms with Crippen LogP contribution in [0.4, 0.5) is 0 Å². The predicted octanol–water partition coefficient (Wildman–Crippen LogP) is 18.6. The van der Waals surface area contributed by atoms with E-state index in [-0.39, 0.29) is 37.5 Å². The molecule has 0 heterocycles. The molecule has 0 aliphatic rings. The van der Waals surface area contributed by atoms with Gasteiger partial charge in [-0.05, 0) is 116 Å². The molecule has 6 heteroatoms. The summed E-state index contributed by atoms with van der Waals surface area (Å²) in [5.74, 6) is -0.961. The molecular weight excluding hydrogens is 853 g/mol. The maximum atomic E-state index is 12.8. The van der Waals surface area contributed by atoms with Gasteiger partial charge in [-0.1, -0.05) is 225 Å². The number of hydrogen-bond acceptors (Lipinski definition) is 6. The van der Waals surface area contributed by atoms with E-state index in [9.17, 15) is 14.4 Å². The first kappa shape index (κ1) is 64.5. The lowest BCUT2D eigenvalue weighted by atomic mass is 10.1. The van der Waals surface area contributed by atoms with Crippen molar-refractivity contribution in [1.82, 2.24) is 0 Å². The van der Waals surface area contributed by atoms with Crippen molar-refractivity contribution in [3.05, 3.63) is 134 Å². The Bertz CT molecular complexity index is 1510. The molecule has 0 rings (SSSR count). The van der Waals surface area contributed by atoms with Gasteiger partial charge in [-0.2, -0.15) is 0 Å². The van der Waals surface area contributed by atoms with Crippen LogP contribution in [0.25, 0.3) is 0 Å². The fourth-order valence-corrected chi connectivity index (χ4v) is 7.06. The average molecular weight is 953 g/mol. The van der Waals surface area contributed by atoms with Gasteiger partial charge in [-0.3, -0.25) is 14.4 Å². The largest absolute Gasteiger partial charge is 0.462 e. The Morgan fingerprint density at radius 1 is 0.304 bits per heavy atom. The quantitative estimate of drug-likeness (QED) is 0.0262. The Balaban J connectivity index is 4.21. The molecule has 0 fully saturated rings. The lowest BCUT2D eigenvalue weighted by Gasteiger charge is -2.18. The van der Waals surface area contributed by atoms with Gasteiger partial charge >= 0.3 is 17.9 Å². The van der Waals surface area contributed by atoms with Crippen molar-refractivity contribution in [3.8, 4) is 0 Å². The van der Waals surface area contributed by atoms with Crippen molar-refractivity contribution >= 4 is 17.9 Å². The van der Waals surface area contributed by atoms with Gasteiger partial charge in [0.1, 0.15) is 13.2 Å². The number of carbonyl (C=O) groups is 3. The zero-order valence-electron chi connectivity index (χ0n) is 44.3. The number of carbonyl (C=O) groups excluding carboxylic acids is 3. The summed E-state index contributed by atoms with van der Waals surface area (Å²) in [6.45, 7) is 6.27. The summed E-state index contributed by atoms with van der Waals surface area (Å²) in [6.07, 6.45) is 79.1. The smallest absolute Gasteiger partial charge is 0.306 e. The fraction of sp³-hybridized carbons (Fsp3) is 0.603. The zero-order valence-corrected chi connectivity index (χ0v) is 44.3. The Hall–Kier alpha value is -4.45. The number of allylic oxidation sites excluding steroid dienone is 22. The topological polar surface area (TPSA) is 78.9 Å². The van der Waals surface area contributed by atoms with Gasteiger partial charge in [0.15, 0.2) is 6.10 Å². The highest BCUT2D eigenvalue weighted by atomic mass is 16.6. The molecule has 0 aromatic rings. The number of hydrogen-bond donors (Lipinski definition) is 0. The number of unbranched alkanes of at least 4 members (excludes halogenated alkanes) is 15. The van der Waals surface area contributed by atoms with E-state index in [4.69, 9.17) is 14.2 Å². The van der Waals surface area contributed by atoms with E-state index in [0.717, 1.165) is 154 Å². The highest BCUT2D eigenvalue weighted by Crippen LogP contribution is 2.13. The van der Waals surface area contributed by atoms with Crippen LogP contribution < -0.4 is 0 Å².